The smallest absolute Gasteiger partial charge is 0.134 e. The third-order valence-electron chi connectivity index (χ3n) is 2.64. The van der Waals surface area contributed by atoms with Crippen molar-refractivity contribution in [1.29, 1.82) is 0 Å². The van der Waals surface area contributed by atoms with Gasteiger partial charge in [-0.05, 0) is 43.3 Å². The average molecular weight is 260 g/mol. The van der Waals surface area contributed by atoms with Crippen LogP contribution in [0.2, 0.25) is 0 Å². The fourth-order valence-corrected chi connectivity index (χ4v) is 1.68. The molecule has 1 aromatic carbocycles. The topological polar surface area (TPSA) is 34.2 Å². The van der Waals surface area contributed by atoms with Crippen molar-refractivity contribution in [2.45, 2.75) is 19.9 Å². The number of pyridine rings is 1. The molecule has 1 N–H and O–H groups in total. The second-order valence-electron chi connectivity index (χ2n) is 4.22. The van der Waals surface area contributed by atoms with Gasteiger partial charge in [0.25, 0.3) is 0 Å². The fourth-order valence-electron chi connectivity index (χ4n) is 1.68. The van der Waals surface area contributed by atoms with Gasteiger partial charge in [0.05, 0.1) is 0 Å². The van der Waals surface area contributed by atoms with Crippen molar-refractivity contribution < 1.29 is 9.13 Å². The van der Waals surface area contributed by atoms with Crippen LogP contribution in [-0.2, 0) is 6.54 Å². The van der Waals surface area contributed by atoms with Crippen LogP contribution in [-0.4, -0.2) is 11.5 Å². The molecule has 0 spiro atoms. The predicted octanol–water partition coefficient (Wildman–Crippen LogP) is 3.51. The molecule has 1 heterocycles. The summed E-state index contributed by atoms with van der Waals surface area (Å²) in [6.07, 6.45) is 4.54. The zero-order chi connectivity index (χ0) is 13.5. The Morgan fingerprint density at radius 1 is 1.21 bits per heavy atom. The number of rotatable bonds is 6. The van der Waals surface area contributed by atoms with E-state index in [9.17, 15) is 4.39 Å². The van der Waals surface area contributed by atoms with E-state index in [4.69, 9.17) is 4.74 Å². The second kappa shape index (κ2) is 6.85. The summed E-state index contributed by atoms with van der Waals surface area (Å²) >= 11 is 0. The molecule has 19 heavy (non-hydrogen) atoms. The molecular weight excluding hydrogens is 243 g/mol. The third-order valence-corrected chi connectivity index (χ3v) is 2.64. The van der Waals surface area contributed by atoms with E-state index in [1.165, 1.54) is 12.1 Å². The van der Waals surface area contributed by atoms with Crippen LogP contribution in [0.25, 0.3) is 0 Å². The largest absolute Gasteiger partial charge is 0.457 e. The van der Waals surface area contributed by atoms with E-state index >= 15 is 0 Å². The molecule has 0 saturated carbocycles. The van der Waals surface area contributed by atoms with Gasteiger partial charge in [-0.2, -0.15) is 0 Å². The van der Waals surface area contributed by atoms with Gasteiger partial charge in [0.1, 0.15) is 17.3 Å². The van der Waals surface area contributed by atoms with Gasteiger partial charge >= 0.3 is 0 Å². The van der Waals surface area contributed by atoms with E-state index < -0.39 is 0 Å². The average Bonchev–Trinajstić information content (AvgIpc) is 2.43. The van der Waals surface area contributed by atoms with Crippen molar-refractivity contribution in [3.63, 3.8) is 0 Å². The summed E-state index contributed by atoms with van der Waals surface area (Å²) in [5, 5.41) is 3.31. The van der Waals surface area contributed by atoms with Gasteiger partial charge < -0.3 is 10.1 Å². The molecular formula is C15H17FN2O. The van der Waals surface area contributed by atoms with Crippen LogP contribution in [0.4, 0.5) is 4.39 Å². The van der Waals surface area contributed by atoms with E-state index in [0.29, 0.717) is 12.3 Å². The zero-order valence-electron chi connectivity index (χ0n) is 10.9. The van der Waals surface area contributed by atoms with Crippen LogP contribution in [0, 0.1) is 5.82 Å². The van der Waals surface area contributed by atoms with Crippen molar-refractivity contribution >= 4 is 0 Å². The van der Waals surface area contributed by atoms with Crippen LogP contribution in [0.3, 0.4) is 0 Å². The lowest BCUT2D eigenvalue weighted by Crippen LogP contribution is -2.14. The number of hydrogen-bond acceptors (Lipinski definition) is 3. The van der Waals surface area contributed by atoms with Crippen molar-refractivity contribution in [1.82, 2.24) is 10.3 Å². The van der Waals surface area contributed by atoms with Crippen molar-refractivity contribution in [3.05, 3.63) is 54.1 Å². The number of halogens is 1. The number of aromatic nitrogens is 1. The lowest BCUT2D eigenvalue weighted by Gasteiger charge is -2.11. The van der Waals surface area contributed by atoms with E-state index in [1.807, 2.05) is 6.07 Å². The van der Waals surface area contributed by atoms with E-state index in [-0.39, 0.29) is 5.82 Å². The summed E-state index contributed by atoms with van der Waals surface area (Å²) in [5.41, 5.74) is 0.986. The SMILES string of the molecule is CCCNCc1cnccc1Oc1ccc(F)cc1. The molecule has 0 aliphatic heterocycles. The molecule has 0 saturated heterocycles. The molecule has 0 fully saturated rings. The van der Waals surface area contributed by atoms with Crippen molar-refractivity contribution in [2.24, 2.45) is 0 Å². The molecule has 1 aromatic heterocycles. The molecule has 0 unspecified atom stereocenters. The molecule has 3 nitrogen and oxygen atoms in total. The van der Waals surface area contributed by atoms with Gasteiger partial charge in [-0.15, -0.1) is 0 Å². The van der Waals surface area contributed by atoms with Crippen LogP contribution in [0.1, 0.15) is 18.9 Å². The highest BCUT2D eigenvalue weighted by atomic mass is 19.1. The highest BCUT2D eigenvalue weighted by Crippen LogP contribution is 2.24. The highest BCUT2D eigenvalue weighted by molar-refractivity contribution is 5.35. The molecule has 2 rings (SSSR count). The monoisotopic (exact) mass is 260 g/mol. The highest BCUT2D eigenvalue weighted by Gasteiger charge is 2.04. The first kappa shape index (κ1) is 13.5. The van der Waals surface area contributed by atoms with Crippen LogP contribution in [0.5, 0.6) is 11.5 Å². The molecule has 0 aliphatic rings. The fraction of sp³-hybridized carbons (Fsp3) is 0.267. The third kappa shape index (κ3) is 4.03. The van der Waals surface area contributed by atoms with Gasteiger partial charge in [0, 0.05) is 24.5 Å². The molecule has 2 aromatic rings. The lowest BCUT2D eigenvalue weighted by molar-refractivity contribution is 0.470. The van der Waals surface area contributed by atoms with Gasteiger partial charge in [-0.3, -0.25) is 4.98 Å². The van der Waals surface area contributed by atoms with Gasteiger partial charge in [0.2, 0.25) is 0 Å². The van der Waals surface area contributed by atoms with E-state index in [2.05, 4.69) is 17.2 Å². The number of nitrogens with zero attached hydrogens (tertiary/aromatic N) is 1. The predicted molar refractivity (Wildman–Crippen MR) is 72.7 cm³/mol. The van der Waals surface area contributed by atoms with Gasteiger partial charge in [-0.25, -0.2) is 4.39 Å². The maximum Gasteiger partial charge on any atom is 0.134 e. The first-order valence-electron chi connectivity index (χ1n) is 6.36. The quantitative estimate of drug-likeness (QED) is 0.807. The summed E-state index contributed by atoms with van der Waals surface area (Å²) in [5.74, 6) is 1.08. The minimum atomic E-state index is -0.271. The first-order chi connectivity index (χ1) is 9.29. The Balaban J connectivity index is 2.08. The molecule has 4 heteroatoms. The number of benzene rings is 1. The number of ether oxygens (including phenoxy) is 1. The molecule has 0 aliphatic carbocycles. The first-order valence-corrected chi connectivity index (χ1v) is 6.36. The van der Waals surface area contributed by atoms with Crippen LogP contribution >= 0.6 is 0 Å². The number of nitrogens with one attached hydrogen (secondary N) is 1. The number of hydrogen-bond donors (Lipinski definition) is 1. The zero-order valence-corrected chi connectivity index (χ0v) is 10.9. The van der Waals surface area contributed by atoms with E-state index in [0.717, 1.165) is 24.3 Å². The second-order valence-corrected chi connectivity index (χ2v) is 4.22. The Morgan fingerprint density at radius 2 is 2.00 bits per heavy atom. The summed E-state index contributed by atoms with van der Waals surface area (Å²) in [6.45, 7) is 3.77. The van der Waals surface area contributed by atoms with Crippen LogP contribution in [0.15, 0.2) is 42.7 Å². The lowest BCUT2D eigenvalue weighted by atomic mass is 10.2. The minimum Gasteiger partial charge on any atom is -0.457 e. The van der Waals surface area contributed by atoms with Crippen LogP contribution < -0.4 is 10.1 Å². The Labute approximate surface area is 112 Å². The van der Waals surface area contributed by atoms with Gasteiger partial charge in [0.15, 0.2) is 0 Å². The van der Waals surface area contributed by atoms with E-state index in [1.54, 1.807) is 24.5 Å². The Morgan fingerprint density at radius 3 is 2.74 bits per heavy atom. The van der Waals surface area contributed by atoms with Gasteiger partial charge in [-0.1, -0.05) is 6.92 Å². The summed E-state index contributed by atoms with van der Waals surface area (Å²) in [7, 11) is 0. The molecule has 0 bridgehead atoms. The maximum absolute atomic E-state index is 12.8. The normalized spacial score (nSPS) is 10.4. The molecule has 0 atom stereocenters. The minimum absolute atomic E-state index is 0.271. The Hall–Kier alpha value is -1.94. The molecule has 100 valence electrons. The Bertz CT molecular complexity index is 514. The van der Waals surface area contributed by atoms with Crippen molar-refractivity contribution in [3.8, 4) is 11.5 Å². The maximum atomic E-state index is 12.8. The molecule has 0 amide bonds. The standard InChI is InChI=1S/C15H17FN2O/c1-2-8-17-10-12-11-18-9-7-15(12)19-14-5-3-13(16)4-6-14/h3-7,9,11,17H,2,8,10H2,1H3. The summed E-state index contributed by atoms with van der Waals surface area (Å²) < 4.78 is 18.6. The summed E-state index contributed by atoms with van der Waals surface area (Å²) in [6, 6.07) is 7.79. The van der Waals surface area contributed by atoms with Crippen molar-refractivity contribution in [2.75, 3.05) is 6.54 Å². The molecule has 0 radical (unpaired) electrons. The Kier molecular flexibility index (Phi) is 4.86. The summed E-state index contributed by atoms with van der Waals surface area (Å²) in [4.78, 5) is 4.10.